The number of rotatable bonds is 2. The molecule has 0 saturated carbocycles. The van der Waals surface area contributed by atoms with E-state index in [-0.39, 0.29) is 11.9 Å². The Balaban J connectivity index is 1.69. The van der Waals surface area contributed by atoms with Gasteiger partial charge in [-0.2, -0.15) is 11.8 Å². The molecule has 1 unspecified atom stereocenters. The van der Waals surface area contributed by atoms with Crippen molar-refractivity contribution in [1.82, 2.24) is 15.2 Å². The Morgan fingerprint density at radius 1 is 1.50 bits per heavy atom. The zero-order chi connectivity index (χ0) is 12.4. The van der Waals surface area contributed by atoms with E-state index in [4.69, 9.17) is 4.42 Å². The van der Waals surface area contributed by atoms with Crippen molar-refractivity contribution in [3.63, 3.8) is 0 Å². The lowest BCUT2D eigenvalue weighted by atomic mass is 10.2. The van der Waals surface area contributed by atoms with Gasteiger partial charge >= 0.3 is 0 Å². The minimum absolute atomic E-state index is 0.00305. The number of hydrogen-bond donors (Lipinski definition) is 1. The largest absolute Gasteiger partial charge is 0.446 e. The number of carbonyl (C=O) groups is 1. The molecule has 1 aromatic heterocycles. The first-order valence-electron chi connectivity index (χ1n) is 6.40. The second kappa shape index (κ2) is 5.32. The van der Waals surface area contributed by atoms with Gasteiger partial charge in [-0.05, 0) is 19.4 Å². The molecule has 6 heteroatoms. The lowest BCUT2D eigenvalue weighted by Crippen LogP contribution is -2.38. The number of carbonyl (C=O) groups excluding carboxylic acids is 1. The second-order valence-electron chi connectivity index (χ2n) is 4.62. The van der Waals surface area contributed by atoms with E-state index in [1.165, 1.54) is 6.26 Å². The molecule has 18 heavy (non-hydrogen) atoms. The summed E-state index contributed by atoms with van der Waals surface area (Å²) in [4.78, 5) is 18.4. The third-order valence-corrected chi connectivity index (χ3v) is 4.34. The summed E-state index contributed by atoms with van der Waals surface area (Å²) in [5.41, 5.74) is 0.450. The number of amides is 1. The smallest absolute Gasteiger partial charge is 0.275 e. The average Bonchev–Trinajstić information content (AvgIpc) is 3.09. The van der Waals surface area contributed by atoms with Crippen LogP contribution < -0.4 is 5.32 Å². The number of nitrogens with zero attached hydrogens (tertiary/aromatic N) is 2. The maximum atomic E-state index is 12.2. The van der Waals surface area contributed by atoms with E-state index >= 15 is 0 Å². The first-order valence-corrected chi connectivity index (χ1v) is 7.56. The molecule has 2 saturated heterocycles. The predicted molar refractivity (Wildman–Crippen MR) is 69.7 cm³/mol. The summed E-state index contributed by atoms with van der Waals surface area (Å²) in [7, 11) is 0. The Bertz CT molecular complexity index is 423. The molecule has 0 spiro atoms. The van der Waals surface area contributed by atoms with Gasteiger partial charge in [-0.25, -0.2) is 4.98 Å². The number of nitrogens with one attached hydrogen (secondary N) is 1. The van der Waals surface area contributed by atoms with Crippen molar-refractivity contribution in [2.75, 3.05) is 31.1 Å². The van der Waals surface area contributed by atoms with Gasteiger partial charge in [0.25, 0.3) is 5.91 Å². The van der Waals surface area contributed by atoms with Crippen LogP contribution in [0.2, 0.25) is 0 Å². The van der Waals surface area contributed by atoms with Crippen molar-refractivity contribution < 1.29 is 9.21 Å². The van der Waals surface area contributed by atoms with Crippen molar-refractivity contribution >= 4 is 17.7 Å². The van der Waals surface area contributed by atoms with Crippen LogP contribution in [0.15, 0.2) is 10.7 Å². The van der Waals surface area contributed by atoms with Gasteiger partial charge in [-0.3, -0.25) is 4.79 Å². The minimum atomic E-state index is 0.00305. The molecule has 3 heterocycles. The van der Waals surface area contributed by atoms with Gasteiger partial charge in [0.05, 0.1) is 6.04 Å². The molecule has 0 aromatic carbocycles. The topological polar surface area (TPSA) is 58.4 Å². The van der Waals surface area contributed by atoms with E-state index in [9.17, 15) is 4.79 Å². The molecule has 1 amide bonds. The van der Waals surface area contributed by atoms with E-state index in [1.54, 1.807) is 0 Å². The van der Waals surface area contributed by atoms with Crippen molar-refractivity contribution in [2.45, 2.75) is 18.9 Å². The zero-order valence-corrected chi connectivity index (χ0v) is 11.0. The number of thioether (sulfide) groups is 1. The summed E-state index contributed by atoms with van der Waals surface area (Å²) in [6.07, 6.45) is 3.67. The van der Waals surface area contributed by atoms with E-state index in [2.05, 4.69) is 10.3 Å². The standard InChI is InChI=1S/C12H17N3O2S/c16-12(15-4-6-18-7-5-15)10-8-17-11(14-10)9-2-1-3-13-9/h8-9,13H,1-7H2. The van der Waals surface area contributed by atoms with Crippen molar-refractivity contribution in [2.24, 2.45) is 0 Å². The monoisotopic (exact) mass is 267 g/mol. The molecular formula is C12H17N3O2S. The van der Waals surface area contributed by atoms with Gasteiger partial charge in [-0.1, -0.05) is 0 Å². The Morgan fingerprint density at radius 2 is 2.33 bits per heavy atom. The van der Waals surface area contributed by atoms with Crippen LogP contribution in [0.5, 0.6) is 0 Å². The SMILES string of the molecule is O=C(c1coc(C2CCCN2)n1)N1CCSCC1. The molecule has 0 bridgehead atoms. The quantitative estimate of drug-likeness (QED) is 0.875. The Kier molecular flexibility index (Phi) is 3.56. The second-order valence-corrected chi connectivity index (χ2v) is 5.85. The molecule has 2 fully saturated rings. The average molecular weight is 267 g/mol. The summed E-state index contributed by atoms with van der Waals surface area (Å²) in [5, 5.41) is 3.32. The molecule has 1 atom stereocenters. The van der Waals surface area contributed by atoms with E-state index in [1.807, 2.05) is 16.7 Å². The van der Waals surface area contributed by atoms with E-state index in [0.717, 1.165) is 44.0 Å². The first-order chi connectivity index (χ1) is 8.84. The highest BCUT2D eigenvalue weighted by Crippen LogP contribution is 2.22. The van der Waals surface area contributed by atoms with Gasteiger partial charge in [0.15, 0.2) is 5.69 Å². The van der Waals surface area contributed by atoms with Crippen LogP contribution in [-0.2, 0) is 0 Å². The third kappa shape index (κ3) is 2.40. The van der Waals surface area contributed by atoms with Crippen molar-refractivity contribution in [1.29, 1.82) is 0 Å². The molecular weight excluding hydrogens is 250 g/mol. The molecule has 0 radical (unpaired) electrons. The normalized spacial score (nSPS) is 24.4. The molecule has 2 aliphatic heterocycles. The fourth-order valence-corrected chi connectivity index (χ4v) is 3.27. The van der Waals surface area contributed by atoms with Crippen LogP contribution in [0.25, 0.3) is 0 Å². The highest BCUT2D eigenvalue weighted by Gasteiger charge is 2.25. The van der Waals surface area contributed by atoms with Gasteiger partial charge in [0.2, 0.25) is 5.89 Å². The van der Waals surface area contributed by atoms with Crippen LogP contribution in [-0.4, -0.2) is 46.9 Å². The van der Waals surface area contributed by atoms with Gasteiger partial charge < -0.3 is 14.6 Å². The van der Waals surface area contributed by atoms with Crippen molar-refractivity contribution in [3.8, 4) is 0 Å². The predicted octanol–water partition coefficient (Wildman–Crippen LogP) is 1.29. The minimum Gasteiger partial charge on any atom is -0.446 e. The molecule has 2 aliphatic rings. The number of aromatic nitrogens is 1. The summed E-state index contributed by atoms with van der Waals surface area (Å²) in [6.45, 7) is 2.63. The number of oxazole rings is 1. The molecule has 3 rings (SSSR count). The van der Waals surface area contributed by atoms with Crippen LogP contribution in [0.1, 0.15) is 35.3 Å². The maximum absolute atomic E-state index is 12.2. The maximum Gasteiger partial charge on any atom is 0.275 e. The van der Waals surface area contributed by atoms with Gasteiger partial charge in [0.1, 0.15) is 6.26 Å². The highest BCUT2D eigenvalue weighted by atomic mass is 32.2. The Morgan fingerprint density at radius 3 is 3.06 bits per heavy atom. The lowest BCUT2D eigenvalue weighted by Gasteiger charge is -2.25. The molecule has 1 aromatic rings. The van der Waals surface area contributed by atoms with Gasteiger partial charge in [-0.15, -0.1) is 0 Å². The van der Waals surface area contributed by atoms with Crippen LogP contribution in [0, 0.1) is 0 Å². The summed E-state index contributed by atoms with van der Waals surface area (Å²) in [6, 6.07) is 0.184. The Hall–Kier alpha value is -1.01. The Labute approximate surface area is 110 Å². The fourth-order valence-electron chi connectivity index (χ4n) is 2.37. The summed E-state index contributed by atoms with van der Waals surface area (Å²) in [5.74, 6) is 2.69. The lowest BCUT2D eigenvalue weighted by molar-refractivity contribution is 0.0766. The molecule has 98 valence electrons. The third-order valence-electron chi connectivity index (χ3n) is 3.40. The van der Waals surface area contributed by atoms with Crippen molar-refractivity contribution in [3.05, 3.63) is 17.8 Å². The van der Waals surface area contributed by atoms with E-state index < -0.39 is 0 Å². The number of hydrogen-bond acceptors (Lipinski definition) is 5. The van der Waals surface area contributed by atoms with Crippen LogP contribution in [0.3, 0.4) is 0 Å². The summed E-state index contributed by atoms with van der Waals surface area (Å²) < 4.78 is 5.43. The van der Waals surface area contributed by atoms with Crippen LogP contribution >= 0.6 is 11.8 Å². The first kappa shape index (κ1) is 12.0. The zero-order valence-electron chi connectivity index (χ0n) is 10.2. The van der Waals surface area contributed by atoms with Crippen LogP contribution in [0.4, 0.5) is 0 Å². The molecule has 0 aliphatic carbocycles. The van der Waals surface area contributed by atoms with E-state index in [0.29, 0.717) is 11.6 Å². The molecule has 1 N–H and O–H groups in total. The van der Waals surface area contributed by atoms with Gasteiger partial charge in [0, 0.05) is 24.6 Å². The highest BCUT2D eigenvalue weighted by molar-refractivity contribution is 7.99. The summed E-state index contributed by atoms with van der Waals surface area (Å²) >= 11 is 1.89. The fraction of sp³-hybridized carbons (Fsp3) is 0.667. The molecule has 5 nitrogen and oxygen atoms in total.